The van der Waals surface area contributed by atoms with Gasteiger partial charge in [-0.2, -0.15) is 5.26 Å². The zero-order valence-electron chi connectivity index (χ0n) is 15.2. The van der Waals surface area contributed by atoms with Gasteiger partial charge in [0.25, 0.3) is 5.91 Å². The van der Waals surface area contributed by atoms with Crippen molar-refractivity contribution in [1.29, 1.82) is 5.26 Å². The molecule has 1 N–H and O–H groups in total. The second kappa shape index (κ2) is 9.28. The van der Waals surface area contributed by atoms with E-state index in [2.05, 4.69) is 5.32 Å². The second-order valence-electron chi connectivity index (χ2n) is 5.91. The van der Waals surface area contributed by atoms with Crippen molar-refractivity contribution in [2.24, 2.45) is 0 Å². The first-order valence-electron chi connectivity index (χ1n) is 8.32. The van der Waals surface area contributed by atoms with Crippen LogP contribution < -0.4 is 14.8 Å². The molecule has 0 saturated carbocycles. The van der Waals surface area contributed by atoms with Gasteiger partial charge >= 0.3 is 0 Å². The number of hydrogen-bond acceptors (Lipinski definition) is 4. The summed E-state index contributed by atoms with van der Waals surface area (Å²) in [6.07, 6.45) is 1.55. The summed E-state index contributed by atoms with van der Waals surface area (Å²) in [5, 5.41) is 12.1. The standard InChI is InChI=1S/C21H22N2O3/c1-15(2)26-19-10-9-17(12-20(19)25-3)11-18(13-22)21(24)23-14-16-7-5-4-6-8-16/h4-12,15H,14H2,1-3H3,(H,23,24). The normalized spacial score (nSPS) is 11.0. The van der Waals surface area contributed by atoms with E-state index in [1.165, 1.54) is 6.08 Å². The average molecular weight is 350 g/mol. The number of hydrogen-bond donors (Lipinski definition) is 1. The van der Waals surface area contributed by atoms with Crippen LogP contribution >= 0.6 is 0 Å². The Morgan fingerprint density at radius 2 is 1.92 bits per heavy atom. The number of nitriles is 1. The minimum Gasteiger partial charge on any atom is -0.493 e. The van der Waals surface area contributed by atoms with Gasteiger partial charge in [0.1, 0.15) is 11.6 Å². The summed E-state index contributed by atoms with van der Waals surface area (Å²) in [6, 6.07) is 16.8. The van der Waals surface area contributed by atoms with E-state index in [1.807, 2.05) is 50.2 Å². The number of carbonyl (C=O) groups excluding carboxylic acids is 1. The highest BCUT2D eigenvalue weighted by Crippen LogP contribution is 2.29. The van der Waals surface area contributed by atoms with Crippen LogP contribution in [0.2, 0.25) is 0 Å². The molecule has 0 saturated heterocycles. The largest absolute Gasteiger partial charge is 0.493 e. The molecule has 0 unspecified atom stereocenters. The molecule has 134 valence electrons. The fourth-order valence-corrected chi connectivity index (χ4v) is 2.31. The molecule has 0 atom stereocenters. The Morgan fingerprint density at radius 3 is 2.54 bits per heavy atom. The van der Waals surface area contributed by atoms with Crippen LogP contribution in [0.3, 0.4) is 0 Å². The molecular formula is C21H22N2O3. The van der Waals surface area contributed by atoms with Crippen molar-refractivity contribution >= 4 is 12.0 Å². The highest BCUT2D eigenvalue weighted by Gasteiger charge is 2.11. The second-order valence-corrected chi connectivity index (χ2v) is 5.91. The van der Waals surface area contributed by atoms with Gasteiger partial charge in [-0.1, -0.05) is 36.4 Å². The lowest BCUT2D eigenvalue weighted by Gasteiger charge is -2.13. The molecule has 2 rings (SSSR count). The highest BCUT2D eigenvalue weighted by atomic mass is 16.5. The predicted octanol–water partition coefficient (Wildman–Crippen LogP) is 3.71. The molecule has 2 aromatic carbocycles. The maximum absolute atomic E-state index is 12.3. The SMILES string of the molecule is COc1cc(C=C(C#N)C(=O)NCc2ccccc2)ccc1OC(C)C. The maximum atomic E-state index is 12.3. The Morgan fingerprint density at radius 1 is 1.19 bits per heavy atom. The Balaban J connectivity index is 2.14. The predicted molar refractivity (Wildman–Crippen MR) is 101 cm³/mol. The molecule has 26 heavy (non-hydrogen) atoms. The molecule has 5 nitrogen and oxygen atoms in total. The fourth-order valence-electron chi connectivity index (χ4n) is 2.31. The number of nitrogens with one attached hydrogen (secondary N) is 1. The van der Waals surface area contributed by atoms with Gasteiger partial charge in [-0.25, -0.2) is 0 Å². The van der Waals surface area contributed by atoms with Gasteiger partial charge in [0.2, 0.25) is 0 Å². The summed E-state index contributed by atoms with van der Waals surface area (Å²) in [5.41, 5.74) is 1.68. The molecule has 2 aromatic rings. The summed E-state index contributed by atoms with van der Waals surface area (Å²) in [6.45, 7) is 4.22. The van der Waals surface area contributed by atoms with E-state index in [-0.39, 0.29) is 11.7 Å². The van der Waals surface area contributed by atoms with Crippen LogP contribution in [0.25, 0.3) is 6.08 Å². The van der Waals surface area contributed by atoms with Crippen molar-refractivity contribution in [3.63, 3.8) is 0 Å². The molecule has 0 bridgehead atoms. The van der Waals surface area contributed by atoms with E-state index in [4.69, 9.17) is 9.47 Å². The molecular weight excluding hydrogens is 328 g/mol. The van der Waals surface area contributed by atoms with E-state index in [0.29, 0.717) is 23.6 Å². The summed E-state index contributed by atoms with van der Waals surface area (Å²) >= 11 is 0. The van der Waals surface area contributed by atoms with Crippen molar-refractivity contribution in [1.82, 2.24) is 5.32 Å². The quantitative estimate of drug-likeness (QED) is 0.610. The summed E-state index contributed by atoms with van der Waals surface area (Å²) < 4.78 is 11.0. The molecule has 0 spiro atoms. The summed E-state index contributed by atoms with van der Waals surface area (Å²) in [5.74, 6) is 0.749. The lowest BCUT2D eigenvalue weighted by Crippen LogP contribution is -2.23. The average Bonchev–Trinajstić information content (AvgIpc) is 2.65. The van der Waals surface area contributed by atoms with Crippen molar-refractivity contribution < 1.29 is 14.3 Å². The van der Waals surface area contributed by atoms with Gasteiger partial charge in [0.05, 0.1) is 13.2 Å². The van der Waals surface area contributed by atoms with Crippen LogP contribution in [-0.4, -0.2) is 19.1 Å². The van der Waals surface area contributed by atoms with E-state index in [9.17, 15) is 10.1 Å². The molecule has 0 aliphatic rings. The molecule has 0 aromatic heterocycles. The summed E-state index contributed by atoms with van der Waals surface area (Å²) in [7, 11) is 1.55. The molecule has 0 fully saturated rings. The van der Waals surface area contributed by atoms with Gasteiger partial charge in [0, 0.05) is 6.54 Å². The zero-order chi connectivity index (χ0) is 18.9. The fraction of sp³-hybridized carbons (Fsp3) is 0.238. The molecule has 5 heteroatoms. The summed E-state index contributed by atoms with van der Waals surface area (Å²) in [4.78, 5) is 12.3. The van der Waals surface area contributed by atoms with Crippen LogP contribution in [0.4, 0.5) is 0 Å². The van der Waals surface area contributed by atoms with Gasteiger partial charge < -0.3 is 14.8 Å². The number of methoxy groups -OCH3 is 1. The van der Waals surface area contributed by atoms with Crippen molar-refractivity contribution in [3.8, 4) is 17.6 Å². The van der Waals surface area contributed by atoms with Crippen molar-refractivity contribution in [2.45, 2.75) is 26.5 Å². The van der Waals surface area contributed by atoms with E-state index in [0.717, 1.165) is 5.56 Å². The van der Waals surface area contributed by atoms with Crippen LogP contribution in [0.1, 0.15) is 25.0 Å². The Bertz CT molecular complexity index is 821. The third-order valence-corrected chi connectivity index (χ3v) is 3.52. The lowest BCUT2D eigenvalue weighted by molar-refractivity contribution is -0.117. The molecule has 0 heterocycles. The number of rotatable bonds is 7. The van der Waals surface area contributed by atoms with Gasteiger partial charge in [0.15, 0.2) is 11.5 Å². The first kappa shape index (κ1) is 19.1. The van der Waals surface area contributed by atoms with Crippen molar-refractivity contribution in [3.05, 3.63) is 65.2 Å². The van der Waals surface area contributed by atoms with Crippen LogP contribution in [0.15, 0.2) is 54.1 Å². The van der Waals surface area contributed by atoms with Crippen LogP contribution in [0.5, 0.6) is 11.5 Å². The van der Waals surface area contributed by atoms with Gasteiger partial charge in [-0.3, -0.25) is 4.79 Å². The minimum absolute atomic E-state index is 0.0173. The molecule has 0 aliphatic heterocycles. The van der Waals surface area contributed by atoms with Gasteiger partial charge in [-0.05, 0) is 43.2 Å². The smallest absolute Gasteiger partial charge is 0.262 e. The van der Waals surface area contributed by atoms with Crippen LogP contribution in [-0.2, 0) is 11.3 Å². The minimum atomic E-state index is -0.419. The first-order chi connectivity index (χ1) is 12.5. The first-order valence-corrected chi connectivity index (χ1v) is 8.32. The number of amides is 1. The third-order valence-electron chi connectivity index (χ3n) is 3.52. The topological polar surface area (TPSA) is 71.3 Å². The monoisotopic (exact) mass is 350 g/mol. The molecule has 0 radical (unpaired) electrons. The van der Waals surface area contributed by atoms with Gasteiger partial charge in [-0.15, -0.1) is 0 Å². The van der Waals surface area contributed by atoms with E-state index in [1.54, 1.807) is 25.3 Å². The van der Waals surface area contributed by atoms with E-state index >= 15 is 0 Å². The zero-order valence-corrected chi connectivity index (χ0v) is 15.2. The van der Waals surface area contributed by atoms with Crippen LogP contribution in [0, 0.1) is 11.3 Å². The Hall–Kier alpha value is -3.26. The van der Waals surface area contributed by atoms with Crippen molar-refractivity contribution in [2.75, 3.05) is 7.11 Å². The lowest BCUT2D eigenvalue weighted by atomic mass is 10.1. The molecule has 0 aliphatic carbocycles. The third kappa shape index (κ3) is 5.38. The highest BCUT2D eigenvalue weighted by molar-refractivity contribution is 6.01. The number of nitrogens with zero attached hydrogens (tertiary/aromatic N) is 1. The number of ether oxygens (including phenoxy) is 2. The Labute approximate surface area is 153 Å². The Kier molecular flexibility index (Phi) is 6.81. The van der Waals surface area contributed by atoms with E-state index < -0.39 is 5.91 Å². The molecule has 1 amide bonds. The maximum Gasteiger partial charge on any atom is 0.262 e. The number of carbonyl (C=O) groups is 1. The number of benzene rings is 2.